The van der Waals surface area contributed by atoms with Crippen LogP contribution < -0.4 is 0 Å². The van der Waals surface area contributed by atoms with E-state index in [-0.39, 0.29) is 0 Å². The van der Waals surface area contributed by atoms with Gasteiger partial charge in [-0.1, -0.05) is 0 Å². The summed E-state index contributed by atoms with van der Waals surface area (Å²) in [7, 11) is 0. The highest BCUT2D eigenvalue weighted by molar-refractivity contribution is 5.79. The first-order valence-electron chi connectivity index (χ1n) is 4.57. The molecule has 0 atom stereocenters. The van der Waals surface area contributed by atoms with Gasteiger partial charge in [-0.15, -0.1) is 0 Å². The van der Waals surface area contributed by atoms with Crippen molar-refractivity contribution in [3.8, 4) is 0 Å². The van der Waals surface area contributed by atoms with Crippen LogP contribution >= 0.6 is 0 Å². The fraction of sp³-hybridized carbons (Fsp3) is 0.889. The number of hydrogen-bond donors (Lipinski definition) is 0. The molecule has 1 rings (SSSR count). The maximum atomic E-state index is 5.26. The third-order valence-electron chi connectivity index (χ3n) is 1.91. The molecule has 3 heteroatoms. The molecular formula is C9H18N2O. The van der Waals surface area contributed by atoms with Gasteiger partial charge in [0.2, 0.25) is 0 Å². The first-order valence-corrected chi connectivity index (χ1v) is 4.57. The van der Waals surface area contributed by atoms with E-state index in [2.05, 4.69) is 30.7 Å². The molecule has 1 fully saturated rings. The second-order valence-corrected chi connectivity index (χ2v) is 3.37. The number of amidine groups is 1. The third kappa shape index (κ3) is 2.81. The minimum absolute atomic E-state index is 0.396. The summed E-state index contributed by atoms with van der Waals surface area (Å²) in [4.78, 5) is 6.77. The first kappa shape index (κ1) is 9.52. The van der Waals surface area contributed by atoms with E-state index in [0.29, 0.717) is 6.04 Å². The summed E-state index contributed by atoms with van der Waals surface area (Å²) in [5.41, 5.74) is 0. The van der Waals surface area contributed by atoms with E-state index in [4.69, 9.17) is 4.74 Å². The van der Waals surface area contributed by atoms with E-state index < -0.39 is 0 Å². The van der Waals surface area contributed by atoms with Gasteiger partial charge in [0.1, 0.15) is 0 Å². The molecule has 12 heavy (non-hydrogen) atoms. The Morgan fingerprint density at radius 3 is 2.42 bits per heavy atom. The quantitative estimate of drug-likeness (QED) is 0.435. The van der Waals surface area contributed by atoms with E-state index in [1.807, 2.05) is 0 Å². The second kappa shape index (κ2) is 4.45. The smallest absolute Gasteiger partial charge is 0.0962 e. The molecule has 0 amide bonds. The van der Waals surface area contributed by atoms with Crippen molar-refractivity contribution >= 4 is 5.84 Å². The van der Waals surface area contributed by atoms with Crippen LogP contribution in [0.4, 0.5) is 0 Å². The lowest BCUT2D eigenvalue weighted by Gasteiger charge is -2.28. The van der Waals surface area contributed by atoms with E-state index in [1.54, 1.807) is 0 Å². The van der Waals surface area contributed by atoms with Gasteiger partial charge in [-0.3, -0.25) is 4.99 Å². The van der Waals surface area contributed by atoms with Crippen LogP contribution in [0.1, 0.15) is 20.8 Å². The molecule has 1 saturated heterocycles. The van der Waals surface area contributed by atoms with Crippen LogP contribution in [0, 0.1) is 0 Å². The fourth-order valence-electron chi connectivity index (χ4n) is 1.34. The molecular weight excluding hydrogens is 152 g/mol. The summed E-state index contributed by atoms with van der Waals surface area (Å²) in [6.45, 7) is 9.93. The predicted octanol–water partition coefficient (Wildman–Crippen LogP) is 1.15. The molecule has 0 N–H and O–H groups in total. The topological polar surface area (TPSA) is 24.8 Å². The van der Waals surface area contributed by atoms with Crippen LogP contribution in [0.3, 0.4) is 0 Å². The number of nitrogens with zero attached hydrogens (tertiary/aromatic N) is 2. The summed E-state index contributed by atoms with van der Waals surface area (Å²) in [5, 5.41) is 0. The Morgan fingerprint density at radius 2 is 1.92 bits per heavy atom. The molecule has 0 unspecified atom stereocenters. The van der Waals surface area contributed by atoms with Crippen molar-refractivity contribution in [3.05, 3.63) is 0 Å². The van der Waals surface area contributed by atoms with E-state index in [9.17, 15) is 0 Å². The van der Waals surface area contributed by atoms with E-state index >= 15 is 0 Å². The van der Waals surface area contributed by atoms with Crippen molar-refractivity contribution in [3.63, 3.8) is 0 Å². The summed E-state index contributed by atoms with van der Waals surface area (Å²) < 4.78 is 5.26. The minimum Gasteiger partial charge on any atom is -0.378 e. The van der Waals surface area contributed by atoms with Gasteiger partial charge < -0.3 is 9.64 Å². The molecule has 0 bridgehead atoms. The zero-order chi connectivity index (χ0) is 8.97. The highest BCUT2D eigenvalue weighted by Gasteiger charge is 2.11. The Morgan fingerprint density at radius 1 is 1.33 bits per heavy atom. The van der Waals surface area contributed by atoms with Gasteiger partial charge in [0.25, 0.3) is 0 Å². The third-order valence-corrected chi connectivity index (χ3v) is 1.91. The van der Waals surface area contributed by atoms with Gasteiger partial charge in [-0.25, -0.2) is 0 Å². The molecule has 1 aliphatic heterocycles. The summed E-state index contributed by atoms with van der Waals surface area (Å²) >= 11 is 0. The van der Waals surface area contributed by atoms with Gasteiger partial charge in [-0.05, 0) is 20.8 Å². The minimum atomic E-state index is 0.396. The second-order valence-electron chi connectivity index (χ2n) is 3.37. The van der Waals surface area contributed by atoms with Crippen LogP contribution in [0.2, 0.25) is 0 Å². The van der Waals surface area contributed by atoms with Crippen LogP contribution in [0.5, 0.6) is 0 Å². The number of aliphatic imine (C=N–C) groups is 1. The van der Waals surface area contributed by atoms with Crippen LogP contribution in [0.25, 0.3) is 0 Å². The standard InChI is InChI=1S/C9H18N2O/c1-8(2)10-9(3)11-4-6-12-7-5-11/h8H,4-7H2,1-3H3/b10-9-. The largest absolute Gasteiger partial charge is 0.378 e. The number of hydrogen-bond acceptors (Lipinski definition) is 2. The van der Waals surface area contributed by atoms with Gasteiger partial charge in [-0.2, -0.15) is 0 Å². The zero-order valence-corrected chi connectivity index (χ0v) is 8.21. The zero-order valence-electron chi connectivity index (χ0n) is 8.21. The van der Waals surface area contributed by atoms with Crippen molar-refractivity contribution in [2.45, 2.75) is 26.8 Å². The molecule has 1 aliphatic rings. The lowest BCUT2D eigenvalue weighted by molar-refractivity contribution is 0.0676. The summed E-state index contributed by atoms with van der Waals surface area (Å²) in [5.74, 6) is 1.15. The van der Waals surface area contributed by atoms with Crippen molar-refractivity contribution in [2.75, 3.05) is 26.3 Å². The van der Waals surface area contributed by atoms with Gasteiger partial charge in [0.15, 0.2) is 0 Å². The number of ether oxygens (including phenoxy) is 1. The monoisotopic (exact) mass is 170 g/mol. The molecule has 70 valence electrons. The van der Waals surface area contributed by atoms with Crippen molar-refractivity contribution in [1.29, 1.82) is 0 Å². The van der Waals surface area contributed by atoms with Gasteiger partial charge in [0, 0.05) is 19.1 Å². The summed E-state index contributed by atoms with van der Waals surface area (Å²) in [6, 6.07) is 0.396. The van der Waals surface area contributed by atoms with Crippen molar-refractivity contribution < 1.29 is 4.74 Å². The Hall–Kier alpha value is -0.570. The highest BCUT2D eigenvalue weighted by atomic mass is 16.5. The first-order chi connectivity index (χ1) is 5.70. The molecule has 0 saturated carbocycles. The van der Waals surface area contributed by atoms with Gasteiger partial charge >= 0.3 is 0 Å². The predicted molar refractivity (Wildman–Crippen MR) is 50.6 cm³/mol. The molecule has 0 aromatic carbocycles. The SMILES string of the molecule is C/C(=N/C(C)C)N1CCOCC1. The molecule has 3 nitrogen and oxygen atoms in total. The Bertz CT molecular complexity index is 160. The van der Waals surface area contributed by atoms with Gasteiger partial charge in [0.05, 0.1) is 19.0 Å². The van der Waals surface area contributed by atoms with Crippen molar-refractivity contribution in [2.24, 2.45) is 4.99 Å². The van der Waals surface area contributed by atoms with Crippen LogP contribution in [0.15, 0.2) is 4.99 Å². The lowest BCUT2D eigenvalue weighted by Crippen LogP contribution is -2.39. The Kier molecular flexibility index (Phi) is 3.53. The maximum absolute atomic E-state index is 5.26. The highest BCUT2D eigenvalue weighted by Crippen LogP contribution is 2.00. The molecule has 0 radical (unpaired) electrons. The average molecular weight is 170 g/mol. The molecule has 0 spiro atoms. The van der Waals surface area contributed by atoms with E-state index in [1.165, 1.54) is 0 Å². The van der Waals surface area contributed by atoms with Crippen LogP contribution in [-0.2, 0) is 4.74 Å². The number of rotatable bonds is 1. The Labute approximate surface area is 74.4 Å². The number of morpholine rings is 1. The normalized spacial score (nSPS) is 20.3. The van der Waals surface area contributed by atoms with Crippen LogP contribution in [-0.4, -0.2) is 43.1 Å². The molecule has 1 heterocycles. The Balaban J connectivity index is 2.44. The molecule has 0 aliphatic carbocycles. The molecule has 0 aromatic heterocycles. The average Bonchev–Trinajstić information content (AvgIpc) is 2.05. The molecule has 0 aromatic rings. The lowest BCUT2D eigenvalue weighted by atomic mass is 10.4. The summed E-state index contributed by atoms with van der Waals surface area (Å²) in [6.07, 6.45) is 0. The maximum Gasteiger partial charge on any atom is 0.0962 e. The van der Waals surface area contributed by atoms with E-state index in [0.717, 1.165) is 32.1 Å². The van der Waals surface area contributed by atoms with Crippen molar-refractivity contribution in [1.82, 2.24) is 4.90 Å². The fourth-order valence-corrected chi connectivity index (χ4v) is 1.34.